The summed E-state index contributed by atoms with van der Waals surface area (Å²) in [5.74, 6) is -0.801. The quantitative estimate of drug-likeness (QED) is 0.892. The Hall–Kier alpha value is -1.40. The molecule has 1 aromatic rings. The molecule has 2 atom stereocenters. The minimum absolute atomic E-state index is 0.0793. The predicted molar refractivity (Wildman–Crippen MR) is 93.0 cm³/mol. The summed E-state index contributed by atoms with van der Waals surface area (Å²) in [4.78, 5) is 30.4. The molecule has 3 heterocycles. The lowest BCUT2D eigenvalue weighted by Crippen LogP contribution is -2.51. The summed E-state index contributed by atoms with van der Waals surface area (Å²) in [5, 5.41) is 9.51. The van der Waals surface area contributed by atoms with E-state index in [0.29, 0.717) is 21.8 Å². The van der Waals surface area contributed by atoms with Crippen molar-refractivity contribution in [1.29, 1.82) is 0 Å². The molecular weight excluding hydrogens is 324 g/mol. The number of carbonyl (C=O) groups is 2. The van der Waals surface area contributed by atoms with Gasteiger partial charge in [-0.1, -0.05) is 0 Å². The van der Waals surface area contributed by atoms with Crippen molar-refractivity contribution in [2.24, 2.45) is 0 Å². The van der Waals surface area contributed by atoms with Gasteiger partial charge in [0.05, 0.1) is 4.88 Å². The van der Waals surface area contributed by atoms with Gasteiger partial charge in [0.1, 0.15) is 4.88 Å². The lowest BCUT2D eigenvalue weighted by molar-refractivity contribution is 0.0547. The minimum Gasteiger partial charge on any atom is -0.477 e. The summed E-state index contributed by atoms with van der Waals surface area (Å²) < 4.78 is 0. The molecule has 4 rings (SSSR count). The first-order valence-corrected chi connectivity index (χ1v) is 9.78. The van der Waals surface area contributed by atoms with Crippen LogP contribution in [-0.4, -0.2) is 59.0 Å². The number of likely N-dealkylation sites (N-methyl/N-ethyl adjacent to an activating group) is 1. The molecule has 0 aromatic carbocycles. The van der Waals surface area contributed by atoms with Crippen molar-refractivity contribution < 1.29 is 14.7 Å². The molecular formula is C18H24N2O3S. The van der Waals surface area contributed by atoms with E-state index in [1.807, 2.05) is 4.90 Å². The number of carboxylic acids is 1. The van der Waals surface area contributed by atoms with Crippen LogP contribution < -0.4 is 0 Å². The van der Waals surface area contributed by atoms with Crippen molar-refractivity contribution in [1.82, 2.24) is 9.80 Å². The van der Waals surface area contributed by atoms with E-state index in [-0.39, 0.29) is 5.91 Å². The molecule has 2 aliphatic heterocycles. The van der Waals surface area contributed by atoms with E-state index in [0.717, 1.165) is 69.2 Å². The van der Waals surface area contributed by atoms with Crippen LogP contribution in [0.25, 0.3) is 0 Å². The van der Waals surface area contributed by atoms with Gasteiger partial charge in [-0.2, -0.15) is 0 Å². The normalized spacial score (nSPS) is 27.0. The summed E-state index contributed by atoms with van der Waals surface area (Å²) >= 11 is 1.22. The lowest BCUT2D eigenvalue weighted by atomic mass is 9.91. The standard InChI is InChI=1S/C18H24N2O3S/c1-19-10-8-14-13(19)7-4-9-20(14)17(21)15-11-5-2-3-6-12(11)16(24-15)18(22)23/h13-14H,2-10H2,1H3,(H,22,23)/t13-,14-/m1/s1. The number of hydrogen-bond donors (Lipinski definition) is 1. The molecule has 5 nitrogen and oxygen atoms in total. The molecule has 1 N–H and O–H groups in total. The van der Waals surface area contributed by atoms with E-state index < -0.39 is 5.97 Å². The van der Waals surface area contributed by atoms with Gasteiger partial charge in [-0.3, -0.25) is 4.79 Å². The predicted octanol–water partition coefficient (Wildman–Crippen LogP) is 2.63. The van der Waals surface area contributed by atoms with Gasteiger partial charge >= 0.3 is 5.97 Å². The molecule has 1 aliphatic carbocycles. The van der Waals surface area contributed by atoms with Crippen LogP contribution in [0.1, 0.15) is 62.6 Å². The van der Waals surface area contributed by atoms with Crippen molar-refractivity contribution in [2.45, 2.75) is 57.0 Å². The molecule has 1 aromatic heterocycles. The van der Waals surface area contributed by atoms with Crippen LogP contribution in [0, 0.1) is 0 Å². The van der Waals surface area contributed by atoms with Crippen molar-refractivity contribution in [3.63, 3.8) is 0 Å². The zero-order valence-corrected chi connectivity index (χ0v) is 14.9. The maximum Gasteiger partial charge on any atom is 0.346 e. The molecule has 0 saturated carbocycles. The zero-order chi connectivity index (χ0) is 16.8. The number of hydrogen-bond acceptors (Lipinski definition) is 4. The second-order valence-corrected chi connectivity index (χ2v) is 8.30. The number of amides is 1. The molecule has 2 saturated heterocycles. The molecule has 2 fully saturated rings. The van der Waals surface area contributed by atoms with Gasteiger partial charge in [-0.15, -0.1) is 11.3 Å². The Bertz CT molecular complexity index is 684. The second-order valence-electron chi connectivity index (χ2n) is 7.27. The number of likely N-dealkylation sites (tertiary alicyclic amines) is 2. The smallest absolute Gasteiger partial charge is 0.346 e. The Balaban J connectivity index is 1.68. The molecule has 6 heteroatoms. The van der Waals surface area contributed by atoms with Crippen LogP contribution in [0.15, 0.2) is 0 Å². The van der Waals surface area contributed by atoms with E-state index in [4.69, 9.17) is 0 Å². The SMILES string of the molecule is CN1CC[C@@H]2[C@H]1CCCN2C(=O)c1sc(C(=O)O)c2c1CCCC2. The maximum atomic E-state index is 13.3. The fourth-order valence-electron chi connectivity index (χ4n) is 4.76. The fraction of sp³-hybridized carbons (Fsp3) is 0.667. The Morgan fingerprint density at radius 2 is 1.71 bits per heavy atom. The number of carbonyl (C=O) groups excluding carboxylic acids is 1. The van der Waals surface area contributed by atoms with E-state index in [1.54, 1.807) is 0 Å². The monoisotopic (exact) mass is 348 g/mol. The average molecular weight is 348 g/mol. The van der Waals surface area contributed by atoms with Gasteiger partial charge < -0.3 is 14.9 Å². The Morgan fingerprint density at radius 3 is 2.42 bits per heavy atom. The number of carboxylic acid groups (broad SMARTS) is 1. The highest BCUT2D eigenvalue weighted by molar-refractivity contribution is 7.16. The number of rotatable bonds is 2. The van der Waals surface area contributed by atoms with Crippen molar-refractivity contribution in [2.75, 3.05) is 20.1 Å². The third-order valence-electron chi connectivity index (χ3n) is 5.96. The number of fused-ring (bicyclic) bond motifs is 2. The van der Waals surface area contributed by atoms with Crippen LogP contribution >= 0.6 is 11.3 Å². The first-order valence-electron chi connectivity index (χ1n) is 8.97. The Morgan fingerprint density at radius 1 is 1.00 bits per heavy atom. The summed E-state index contributed by atoms with van der Waals surface area (Å²) in [5.41, 5.74) is 1.96. The van der Waals surface area contributed by atoms with Gasteiger partial charge in [0.15, 0.2) is 0 Å². The molecule has 0 radical (unpaired) electrons. The molecule has 130 valence electrons. The molecule has 24 heavy (non-hydrogen) atoms. The summed E-state index contributed by atoms with van der Waals surface area (Å²) in [6.45, 7) is 1.85. The molecule has 0 spiro atoms. The van der Waals surface area contributed by atoms with Crippen LogP contribution in [0.5, 0.6) is 0 Å². The van der Waals surface area contributed by atoms with Crippen LogP contribution in [0.4, 0.5) is 0 Å². The highest BCUT2D eigenvalue weighted by Gasteiger charge is 2.42. The maximum absolute atomic E-state index is 13.3. The number of nitrogens with zero attached hydrogens (tertiary/aromatic N) is 2. The second kappa shape index (κ2) is 6.15. The number of aromatic carboxylic acids is 1. The van der Waals surface area contributed by atoms with Gasteiger partial charge in [0, 0.05) is 25.2 Å². The van der Waals surface area contributed by atoms with E-state index >= 15 is 0 Å². The molecule has 3 aliphatic rings. The zero-order valence-electron chi connectivity index (χ0n) is 14.1. The van der Waals surface area contributed by atoms with Crippen LogP contribution in [0.3, 0.4) is 0 Å². The van der Waals surface area contributed by atoms with Gasteiger partial charge in [0.25, 0.3) is 5.91 Å². The Labute approximate surface area is 146 Å². The third kappa shape index (κ3) is 2.47. The van der Waals surface area contributed by atoms with Gasteiger partial charge in [-0.05, 0) is 63.1 Å². The number of thiophene rings is 1. The van der Waals surface area contributed by atoms with Crippen molar-refractivity contribution in [3.8, 4) is 0 Å². The largest absolute Gasteiger partial charge is 0.477 e. The van der Waals surface area contributed by atoms with E-state index in [9.17, 15) is 14.7 Å². The summed E-state index contributed by atoms with van der Waals surface area (Å²) in [6, 6.07) is 0.767. The highest BCUT2D eigenvalue weighted by atomic mass is 32.1. The fourth-order valence-corrected chi connectivity index (χ4v) is 5.95. The van der Waals surface area contributed by atoms with Crippen molar-refractivity contribution >= 4 is 23.2 Å². The average Bonchev–Trinajstić information content (AvgIpc) is 3.16. The van der Waals surface area contributed by atoms with Crippen LogP contribution in [0.2, 0.25) is 0 Å². The topological polar surface area (TPSA) is 60.9 Å². The van der Waals surface area contributed by atoms with Gasteiger partial charge in [-0.25, -0.2) is 4.79 Å². The van der Waals surface area contributed by atoms with Gasteiger partial charge in [0.2, 0.25) is 0 Å². The Kier molecular flexibility index (Phi) is 4.12. The summed E-state index contributed by atoms with van der Waals surface area (Å²) in [7, 11) is 2.15. The first-order chi connectivity index (χ1) is 11.6. The van der Waals surface area contributed by atoms with Crippen LogP contribution in [-0.2, 0) is 12.8 Å². The van der Waals surface area contributed by atoms with Crippen molar-refractivity contribution in [3.05, 3.63) is 20.9 Å². The third-order valence-corrected chi connectivity index (χ3v) is 7.21. The van der Waals surface area contributed by atoms with E-state index in [2.05, 4.69) is 11.9 Å². The first kappa shape index (κ1) is 16.1. The molecule has 0 bridgehead atoms. The molecule has 1 amide bonds. The molecule has 0 unspecified atom stereocenters. The number of piperidine rings is 1. The van der Waals surface area contributed by atoms with E-state index in [1.165, 1.54) is 11.3 Å². The highest BCUT2D eigenvalue weighted by Crippen LogP contribution is 2.37. The minimum atomic E-state index is -0.880. The lowest BCUT2D eigenvalue weighted by Gasteiger charge is -2.39. The summed E-state index contributed by atoms with van der Waals surface area (Å²) in [6.07, 6.45) is 6.96.